The SMILES string of the molecule is CCCO.C[N+](C)(C)C.[F-]. The Balaban J connectivity index is -0.0000000910. The van der Waals surface area contributed by atoms with Crippen LogP contribution in [-0.4, -0.2) is 44.4 Å². The van der Waals surface area contributed by atoms with Crippen molar-refractivity contribution in [1.29, 1.82) is 0 Å². The Labute approximate surface area is 63.4 Å². The summed E-state index contributed by atoms with van der Waals surface area (Å²) in [6.07, 6.45) is 0.875. The van der Waals surface area contributed by atoms with Gasteiger partial charge in [0, 0.05) is 6.61 Å². The first kappa shape index (κ1) is 16.4. The number of aliphatic hydroxyl groups is 1. The first-order chi connectivity index (χ1) is 3.91. The maximum atomic E-state index is 7.88. The van der Waals surface area contributed by atoms with Crippen molar-refractivity contribution >= 4 is 0 Å². The fourth-order valence-corrected chi connectivity index (χ4v) is 0. The van der Waals surface area contributed by atoms with E-state index in [4.69, 9.17) is 5.11 Å². The zero-order chi connectivity index (χ0) is 7.91. The lowest BCUT2D eigenvalue weighted by molar-refractivity contribution is -0.849. The minimum absolute atomic E-state index is 0. The second kappa shape index (κ2) is 8.85. The van der Waals surface area contributed by atoms with Crippen molar-refractivity contribution in [3.05, 3.63) is 0 Å². The van der Waals surface area contributed by atoms with Crippen molar-refractivity contribution in [2.24, 2.45) is 0 Å². The third-order valence-electron chi connectivity index (χ3n) is 0.224. The van der Waals surface area contributed by atoms with Crippen LogP contribution < -0.4 is 4.70 Å². The van der Waals surface area contributed by atoms with Gasteiger partial charge in [-0.15, -0.1) is 0 Å². The lowest BCUT2D eigenvalue weighted by atomic mass is 10.5. The molecule has 0 aliphatic rings. The molecule has 0 spiro atoms. The molecule has 0 heterocycles. The summed E-state index contributed by atoms with van der Waals surface area (Å²) in [6, 6.07) is 0. The molecule has 2 nitrogen and oxygen atoms in total. The quantitative estimate of drug-likeness (QED) is 0.421. The van der Waals surface area contributed by atoms with E-state index in [9.17, 15) is 0 Å². The van der Waals surface area contributed by atoms with E-state index in [1.165, 1.54) is 0 Å². The lowest BCUT2D eigenvalue weighted by Gasteiger charge is -2.14. The van der Waals surface area contributed by atoms with Gasteiger partial charge in [-0.1, -0.05) is 6.92 Å². The molecule has 0 aliphatic carbocycles. The number of aliphatic hydroxyl groups excluding tert-OH is 1. The fraction of sp³-hybridized carbons (Fsp3) is 1.00. The van der Waals surface area contributed by atoms with Crippen molar-refractivity contribution in [3.8, 4) is 0 Å². The summed E-state index contributed by atoms with van der Waals surface area (Å²) in [6.45, 7) is 2.25. The van der Waals surface area contributed by atoms with E-state index < -0.39 is 0 Å². The third-order valence-corrected chi connectivity index (χ3v) is 0.224. The topological polar surface area (TPSA) is 20.2 Å². The van der Waals surface area contributed by atoms with E-state index in [1.54, 1.807) is 0 Å². The Kier molecular flexibility index (Phi) is 14.6. The Morgan fingerprint density at radius 3 is 1.20 bits per heavy atom. The number of quaternary nitrogens is 1. The van der Waals surface area contributed by atoms with Crippen LogP contribution >= 0.6 is 0 Å². The molecule has 0 amide bonds. The molecule has 0 aromatic rings. The molecule has 0 fully saturated rings. The van der Waals surface area contributed by atoms with Crippen molar-refractivity contribution in [2.75, 3.05) is 34.8 Å². The van der Waals surface area contributed by atoms with Crippen LogP contribution in [0.2, 0.25) is 0 Å². The first-order valence-electron chi connectivity index (χ1n) is 3.31. The van der Waals surface area contributed by atoms with E-state index in [1.807, 2.05) is 6.92 Å². The second-order valence-corrected chi connectivity index (χ2v) is 3.41. The molecular formula is C7H20FNO. The van der Waals surface area contributed by atoms with Crippen LogP contribution in [0.1, 0.15) is 13.3 Å². The van der Waals surface area contributed by atoms with Gasteiger partial charge in [0.25, 0.3) is 0 Å². The number of nitrogens with zero attached hydrogens (tertiary/aromatic N) is 1. The van der Waals surface area contributed by atoms with Gasteiger partial charge in [-0.05, 0) is 6.42 Å². The van der Waals surface area contributed by atoms with E-state index >= 15 is 0 Å². The molecule has 0 bridgehead atoms. The Bertz CT molecular complexity index is 44.1. The van der Waals surface area contributed by atoms with Crippen LogP contribution in [0.5, 0.6) is 0 Å². The summed E-state index contributed by atoms with van der Waals surface area (Å²) >= 11 is 0. The van der Waals surface area contributed by atoms with Gasteiger partial charge < -0.3 is 14.3 Å². The zero-order valence-electron chi connectivity index (χ0n) is 7.69. The van der Waals surface area contributed by atoms with E-state index in [0.717, 1.165) is 10.9 Å². The van der Waals surface area contributed by atoms with E-state index in [-0.39, 0.29) is 4.70 Å². The van der Waals surface area contributed by atoms with Crippen molar-refractivity contribution in [1.82, 2.24) is 0 Å². The number of rotatable bonds is 1. The molecule has 66 valence electrons. The summed E-state index contributed by atoms with van der Waals surface area (Å²) in [5.74, 6) is 0. The smallest absolute Gasteiger partial charge is 0.0675 e. The minimum Gasteiger partial charge on any atom is -1.00 e. The minimum atomic E-state index is 0. The van der Waals surface area contributed by atoms with Crippen LogP contribution in [0.3, 0.4) is 0 Å². The molecule has 1 N–H and O–H groups in total. The molecule has 0 unspecified atom stereocenters. The average Bonchev–Trinajstić information content (AvgIpc) is 1.61. The van der Waals surface area contributed by atoms with Gasteiger partial charge in [-0.2, -0.15) is 0 Å². The number of halogens is 1. The van der Waals surface area contributed by atoms with Crippen LogP contribution in [0.4, 0.5) is 0 Å². The molecule has 0 rings (SSSR count). The molecule has 0 radical (unpaired) electrons. The monoisotopic (exact) mass is 153 g/mol. The van der Waals surface area contributed by atoms with Crippen molar-refractivity contribution < 1.29 is 14.3 Å². The van der Waals surface area contributed by atoms with Gasteiger partial charge >= 0.3 is 0 Å². The zero-order valence-corrected chi connectivity index (χ0v) is 7.69. The van der Waals surface area contributed by atoms with Gasteiger partial charge in [0.15, 0.2) is 0 Å². The second-order valence-electron chi connectivity index (χ2n) is 3.41. The average molecular weight is 153 g/mol. The molecule has 10 heavy (non-hydrogen) atoms. The molecule has 0 atom stereocenters. The summed E-state index contributed by atoms with van der Waals surface area (Å²) < 4.78 is 1.00. The van der Waals surface area contributed by atoms with Gasteiger partial charge in [0.1, 0.15) is 0 Å². The molecule has 0 aromatic heterocycles. The summed E-state index contributed by atoms with van der Waals surface area (Å²) in [5, 5.41) is 7.88. The summed E-state index contributed by atoms with van der Waals surface area (Å²) in [4.78, 5) is 0. The highest BCUT2D eigenvalue weighted by Crippen LogP contribution is 1.73. The molecule has 0 saturated carbocycles. The third kappa shape index (κ3) is 510. The van der Waals surface area contributed by atoms with Crippen molar-refractivity contribution in [3.63, 3.8) is 0 Å². The Morgan fingerprint density at radius 1 is 1.10 bits per heavy atom. The number of hydrogen-bond acceptors (Lipinski definition) is 1. The van der Waals surface area contributed by atoms with Gasteiger partial charge in [0.05, 0.1) is 28.2 Å². The number of hydrogen-bond donors (Lipinski definition) is 1. The summed E-state index contributed by atoms with van der Waals surface area (Å²) in [7, 11) is 8.50. The van der Waals surface area contributed by atoms with Crippen LogP contribution in [0.25, 0.3) is 0 Å². The predicted molar refractivity (Wildman–Crippen MR) is 41.3 cm³/mol. The van der Waals surface area contributed by atoms with E-state index in [2.05, 4.69) is 28.2 Å². The van der Waals surface area contributed by atoms with Gasteiger partial charge in [-0.3, -0.25) is 0 Å². The predicted octanol–water partition coefficient (Wildman–Crippen LogP) is -2.28. The maximum Gasteiger partial charge on any atom is 0.0675 e. The Morgan fingerprint density at radius 2 is 1.20 bits per heavy atom. The van der Waals surface area contributed by atoms with Gasteiger partial charge in [-0.25, -0.2) is 0 Å². The largest absolute Gasteiger partial charge is 1.00 e. The fourth-order valence-electron chi connectivity index (χ4n) is 0. The summed E-state index contributed by atoms with van der Waals surface area (Å²) in [5.41, 5.74) is 0. The first-order valence-corrected chi connectivity index (χ1v) is 3.31. The van der Waals surface area contributed by atoms with Crippen LogP contribution in [0, 0.1) is 0 Å². The normalized spacial score (nSPS) is 9.00. The molecule has 0 aromatic carbocycles. The van der Waals surface area contributed by atoms with Crippen LogP contribution in [0.15, 0.2) is 0 Å². The molecule has 0 saturated heterocycles. The maximum absolute atomic E-state index is 7.88. The molecule has 3 heteroatoms. The highest BCUT2D eigenvalue weighted by Gasteiger charge is 1.88. The highest BCUT2D eigenvalue weighted by molar-refractivity contribution is 4.10. The molecular weight excluding hydrogens is 133 g/mol. The standard InChI is InChI=1S/C4H12N.C3H8O.FH/c1-5(2,3)4;1-2-3-4;/h1-4H3;4H,2-3H2,1H3;1H/q+1;;/p-1. The lowest BCUT2D eigenvalue weighted by Crippen LogP contribution is -3.00. The van der Waals surface area contributed by atoms with E-state index in [0.29, 0.717) is 6.61 Å². The van der Waals surface area contributed by atoms with Crippen LogP contribution in [-0.2, 0) is 0 Å². The Hall–Kier alpha value is -0.150. The highest BCUT2D eigenvalue weighted by atomic mass is 19.0. The molecule has 0 aliphatic heterocycles. The van der Waals surface area contributed by atoms with Crippen molar-refractivity contribution in [2.45, 2.75) is 13.3 Å². The van der Waals surface area contributed by atoms with Gasteiger partial charge in [0.2, 0.25) is 0 Å².